The van der Waals surface area contributed by atoms with Crippen molar-refractivity contribution in [2.24, 2.45) is 5.73 Å². The third kappa shape index (κ3) is 3.65. The van der Waals surface area contributed by atoms with Crippen LogP contribution >= 0.6 is 0 Å². The average Bonchev–Trinajstić information content (AvgIpc) is 3.16. The molecule has 4 atom stereocenters. The molecule has 0 unspecified atom stereocenters. The molecular weight excluding hydrogens is 350 g/mol. The first-order valence-electron chi connectivity index (χ1n) is 7.57. The van der Waals surface area contributed by atoms with Crippen LogP contribution in [0.3, 0.4) is 0 Å². The summed E-state index contributed by atoms with van der Waals surface area (Å²) in [6.45, 7) is 0.0158. The Balaban J connectivity index is 1.70. The predicted octanol–water partition coefficient (Wildman–Crippen LogP) is -1.13. The number of amides is 1. The summed E-state index contributed by atoms with van der Waals surface area (Å²) >= 11 is 0. The van der Waals surface area contributed by atoms with Gasteiger partial charge in [-0.1, -0.05) is 12.1 Å². The topological polar surface area (TPSA) is 141 Å². The zero-order chi connectivity index (χ0) is 18.0. The molecule has 1 aromatic carbocycles. The largest absolute Gasteiger partial charge is 0.371 e. The molecule has 0 spiro atoms. The Kier molecular flexibility index (Phi) is 5.03. The van der Waals surface area contributed by atoms with Crippen molar-refractivity contribution in [2.75, 3.05) is 19.8 Å². The van der Waals surface area contributed by atoms with Gasteiger partial charge in [0.2, 0.25) is 15.9 Å². The quantitative estimate of drug-likeness (QED) is 0.648. The van der Waals surface area contributed by atoms with Gasteiger partial charge < -0.3 is 19.9 Å². The molecule has 2 heterocycles. The number of carbonyl (C=O) groups excluding carboxylic acids is 1. The lowest BCUT2D eigenvalue weighted by molar-refractivity contribution is -0.126. The standard InChI is InChI=1S/C15H17N3O6S/c16-5-9-3-1-2-4-12(9)25(20,21)18-10-6-23-15-11(7-24-14(10)15)22-8-13(17)19/h1-4,10-11,14-15,18H,6-8H2,(H2,17,19)/t10-,11+,14+,15+/m0/s1. The molecule has 3 N–H and O–H groups in total. The summed E-state index contributed by atoms with van der Waals surface area (Å²) in [6.07, 6.45) is -1.52. The van der Waals surface area contributed by atoms with Crippen LogP contribution in [0.25, 0.3) is 0 Å². The SMILES string of the molecule is N#Cc1ccccc1S(=O)(=O)N[C@H]1CO[C@H]2[C@@H]1OC[C@H]2OCC(N)=O. The van der Waals surface area contributed by atoms with Crippen LogP contribution in [-0.4, -0.2) is 58.5 Å². The molecule has 0 saturated carbocycles. The first kappa shape index (κ1) is 17.8. The summed E-state index contributed by atoms with van der Waals surface area (Å²) in [4.78, 5) is 10.7. The third-order valence-corrected chi connectivity index (χ3v) is 5.60. The van der Waals surface area contributed by atoms with Gasteiger partial charge in [0.05, 0.1) is 29.7 Å². The molecule has 2 aliphatic rings. The number of rotatable bonds is 6. The average molecular weight is 367 g/mol. The summed E-state index contributed by atoms with van der Waals surface area (Å²) in [5.41, 5.74) is 5.10. The van der Waals surface area contributed by atoms with Crippen LogP contribution < -0.4 is 10.5 Å². The van der Waals surface area contributed by atoms with Gasteiger partial charge in [-0.05, 0) is 12.1 Å². The Hall–Kier alpha value is -2.03. The highest BCUT2D eigenvalue weighted by atomic mass is 32.2. The van der Waals surface area contributed by atoms with E-state index in [1.165, 1.54) is 12.1 Å². The number of carbonyl (C=O) groups is 1. The summed E-state index contributed by atoms with van der Waals surface area (Å²) in [5, 5.41) is 9.09. The molecule has 1 aromatic rings. The van der Waals surface area contributed by atoms with Crippen LogP contribution in [-0.2, 0) is 29.0 Å². The lowest BCUT2D eigenvalue weighted by atomic mass is 10.1. The molecule has 0 radical (unpaired) electrons. The predicted molar refractivity (Wildman–Crippen MR) is 83.7 cm³/mol. The van der Waals surface area contributed by atoms with Gasteiger partial charge in [-0.25, -0.2) is 13.1 Å². The fraction of sp³-hybridized carbons (Fsp3) is 0.467. The maximum Gasteiger partial charge on any atom is 0.243 e. The number of primary amides is 1. The summed E-state index contributed by atoms with van der Waals surface area (Å²) in [5.74, 6) is -0.605. The second kappa shape index (κ2) is 7.07. The third-order valence-electron chi connectivity index (χ3n) is 4.05. The molecule has 10 heteroatoms. The summed E-state index contributed by atoms with van der Waals surface area (Å²) < 4.78 is 44.2. The van der Waals surface area contributed by atoms with Crippen LogP contribution in [0.5, 0.6) is 0 Å². The van der Waals surface area contributed by atoms with Crippen LogP contribution in [0.4, 0.5) is 0 Å². The van der Waals surface area contributed by atoms with Crippen molar-refractivity contribution in [3.05, 3.63) is 29.8 Å². The Morgan fingerprint density at radius 2 is 2.04 bits per heavy atom. The minimum atomic E-state index is -3.92. The molecule has 0 bridgehead atoms. The van der Waals surface area contributed by atoms with Gasteiger partial charge >= 0.3 is 0 Å². The molecule has 2 saturated heterocycles. The van der Waals surface area contributed by atoms with Gasteiger partial charge in [0.25, 0.3) is 0 Å². The van der Waals surface area contributed by atoms with E-state index in [0.29, 0.717) is 0 Å². The summed E-state index contributed by atoms with van der Waals surface area (Å²) in [6, 6.07) is 7.17. The van der Waals surface area contributed by atoms with Gasteiger partial charge in [0, 0.05) is 0 Å². The highest BCUT2D eigenvalue weighted by Gasteiger charge is 2.49. The first-order chi connectivity index (χ1) is 11.9. The summed E-state index contributed by atoms with van der Waals surface area (Å²) in [7, 11) is -3.92. The van der Waals surface area contributed by atoms with Crippen molar-refractivity contribution >= 4 is 15.9 Å². The number of hydrogen-bond acceptors (Lipinski definition) is 7. The number of sulfonamides is 1. The van der Waals surface area contributed by atoms with E-state index in [2.05, 4.69) is 4.72 Å². The van der Waals surface area contributed by atoms with E-state index in [4.69, 9.17) is 25.2 Å². The molecule has 3 rings (SSSR count). The van der Waals surface area contributed by atoms with E-state index in [-0.39, 0.29) is 30.3 Å². The fourth-order valence-electron chi connectivity index (χ4n) is 2.95. The minimum absolute atomic E-state index is 0.0560. The maximum atomic E-state index is 12.6. The van der Waals surface area contributed by atoms with Crippen LogP contribution in [0.2, 0.25) is 0 Å². The molecule has 0 aliphatic carbocycles. The molecule has 134 valence electrons. The van der Waals surface area contributed by atoms with Gasteiger partial charge in [0.1, 0.15) is 31.0 Å². The number of ether oxygens (including phenoxy) is 3. The normalized spacial score (nSPS) is 28.4. The number of benzene rings is 1. The zero-order valence-electron chi connectivity index (χ0n) is 13.1. The molecule has 1 amide bonds. The van der Waals surface area contributed by atoms with Crippen molar-refractivity contribution in [3.63, 3.8) is 0 Å². The van der Waals surface area contributed by atoms with Gasteiger partial charge in [0.15, 0.2) is 0 Å². The molecule has 2 aliphatic heterocycles. The number of fused-ring (bicyclic) bond motifs is 1. The molecule has 0 aromatic heterocycles. The highest BCUT2D eigenvalue weighted by molar-refractivity contribution is 7.89. The lowest BCUT2D eigenvalue weighted by Gasteiger charge is -2.18. The molecule has 9 nitrogen and oxygen atoms in total. The van der Waals surface area contributed by atoms with Crippen molar-refractivity contribution in [2.45, 2.75) is 29.2 Å². The first-order valence-corrected chi connectivity index (χ1v) is 9.05. The van der Waals surface area contributed by atoms with Crippen molar-refractivity contribution in [3.8, 4) is 6.07 Å². The molecular formula is C15H17N3O6S. The maximum absolute atomic E-state index is 12.6. The minimum Gasteiger partial charge on any atom is -0.371 e. The van der Waals surface area contributed by atoms with Crippen molar-refractivity contribution in [1.29, 1.82) is 5.26 Å². The Morgan fingerprint density at radius 3 is 2.76 bits per heavy atom. The van der Waals surface area contributed by atoms with Gasteiger partial charge in [-0.2, -0.15) is 5.26 Å². The Bertz CT molecular complexity index is 806. The van der Waals surface area contributed by atoms with E-state index < -0.39 is 40.3 Å². The van der Waals surface area contributed by atoms with E-state index in [1.807, 2.05) is 6.07 Å². The number of hydrogen-bond donors (Lipinski definition) is 2. The van der Waals surface area contributed by atoms with E-state index >= 15 is 0 Å². The lowest BCUT2D eigenvalue weighted by Crippen LogP contribution is -2.44. The zero-order valence-corrected chi connectivity index (χ0v) is 13.9. The monoisotopic (exact) mass is 367 g/mol. The van der Waals surface area contributed by atoms with E-state index in [1.54, 1.807) is 12.1 Å². The van der Waals surface area contributed by atoms with Crippen molar-refractivity contribution in [1.82, 2.24) is 4.72 Å². The van der Waals surface area contributed by atoms with Crippen molar-refractivity contribution < 1.29 is 27.4 Å². The molecule has 2 fully saturated rings. The number of nitrogens with two attached hydrogens (primary N) is 1. The molecule has 25 heavy (non-hydrogen) atoms. The van der Waals surface area contributed by atoms with Crippen LogP contribution in [0.1, 0.15) is 5.56 Å². The Morgan fingerprint density at radius 1 is 1.32 bits per heavy atom. The highest BCUT2D eigenvalue weighted by Crippen LogP contribution is 2.30. The van der Waals surface area contributed by atoms with Gasteiger partial charge in [-0.3, -0.25) is 4.79 Å². The fourth-order valence-corrected chi connectivity index (χ4v) is 4.34. The van der Waals surface area contributed by atoms with E-state index in [0.717, 1.165) is 0 Å². The van der Waals surface area contributed by atoms with E-state index in [9.17, 15) is 13.2 Å². The second-order valence-electron chi connectivity index (χ2n) is 5.75. The Labute approximate surface area is 144 Å². The number of nitrogens with zero attached hydrogens (tertiary/aromatic N) is 1. The second-order valence-corrected chi connectivity index (χ2v) is 7.43. The van der Waals surface area contributed by atoms with Gasteiger partial charge in [-0.15, -0.1) is 0 Å². The smallest absolute Gasteiger partial charge is 0.243 e. The van der Waals surface area contributed by atoms with Crippen LogP contribution in [0.15, 0.2) is 29.2 Å². The number of nitrogens with one attached hydrogen (secondary N) is 1. The number of nitriles is 1. The van der Waals surface area contributed by atoms with Crippen LogP contribution in [0, 0.1) is 11.3 Å².